The van der Waals surface area contributed by atoms with Gasteiger partial charge in [-0.3, -0.25) is 10.1 Å². The molecule has 7 heteroatoms. The van der Waals surface area contributed by atoms with E-state index in [4.69, 9.17) is 4.74 Å². The number of carbonyl (C=O) groups excluding carboxylic acids is 1. The Morgan fingerprint density at radius 3 is 2.45 bits per heavy atom. The maximum absolute atomic E-state index is 12.3. The Morgan fingerprint density at radius 1 is 1.27 bits per heavy atom. The Hall–Kier alpha value is -2.57. The summed E-state index contributed by atoms with van der Waals surface area (Å²) in [7, 11) is 0. The summed E-state index contributed by atoms with van der Waals surface area (Å²) < 4.78 is 6.48. The molecule has 7 nitrogen and oxygen atoms in total. The molecule has 0 saturated heterocycles. The van der Waals surface area contributed by atoms with E-state index in [-0.39, 0.29) is 5.69 Å². The number of rotatable bonds is 3. The Morgan fingerprint density at radius 2 is 1.95 bits per heavy atom. The van der Waals surface area contributed by atoms with Gasteiger partial charge in [0, 0.05) is 24.2 Å². The lowest BCUT2D eigenvalue weighted by molar-refractivity contribution is -0.563. The van der Waals surface area contributed by atoms with Gasteiger partial charge in [0.15, 0.2) is 0 Å². The van der Waals surface area contributed by atoms with Crippen molar-refractivity contribution in [1.82, 2.24) is 9.55 Å². The molecule has 2 heterocycles. The second-order valence-electron chi connectivity index (χ2n) is 6.16. The van der Waals surface area contributed by atoms with Gasteiger partial charge in [-0.2, -0.15) is 0 Å². The number of aromatic amines is 1. The first-order valence-corrected chi connectivity index (χ1v) is 6.86. The van der Waals surface area contributed by atoms with Gasteiger partial charge in [0.05, 0.1) is 5.69 Å². The average molecular weight is 305 g/mol. The van der Waals surface area contributed by atoms with Crippen molar-refractivity contribution in [2.24, 2.45) is 0 Å². The van der Waals surface area contributed by atoms with Gasteiger partial charge in [0.1, 0.15) is 11.3 Å². The predicted octanol–water partition coefficient (Wildman–Crippen LogP) is 3.14. The van der Waals surface area contributed by atoms with Gasteiger partial charge in [-0.25, -0.2) is 9.36 Å². The predicted molar refractivity (Wildman–Crippen MR) is 80.3 cm³/mol. The molecule has 118 valence electrons. The van der Waals surface area contributed by atoms with Crippen LogP contribution >= 0.6 is 0 Å². The second kappa shape index (κ2) is 5.32. The van der Waals surface area contributed by atoms with E-state index in [2.05, 4.69) is 4.98 Å². The summed E-state index contributed by atoms with van der Waals surface area (Å²) in [4.78, 5) is 26.4. The molecule has 1 atom stereocenters. The van der Waals surface area contributed by atoms with E-state index >= 15 is 0 Å². The molecule has 0 aliphatic rings. The fraction of sp³-hybridized carbons (Fsp3) is 0.400. The van der Waals surface area contributed by atoms with E-state index in [9.17, 15) is 14.9 Å². The molecule has 0 amide bonds. The number of hydrogen-bond donors (Lipinski definition) is 1. The summed E-state index contributed by atoms with van der Waals surface area (Å²) in [6.45, 7) is 6.68. The highest BCUT2D eigenvalue weighted by atomic mass is 16.6. The monoisotopic (exact) mass is 305 g/mol. The third-order valence-corrected chi connectivity index (χ3v) is 3.33. The van der Waals surface area contributed by atoms with Crippen molar-refractivity contribution in [2.45, 2.75) is 38.8 Å². The van der Waals surface area contributed by atoms with E-state index < -0.39 is 22.2 Å². The second-order valence-corrected chi connectivity index (χ2v) is 6.16. The van der Waals surface area contributed by atoms with Crippen LogP contribution < -0.4 is 0 Å². The van der Waals surface area contributed by atoms with Gasteiger partial charge in [0.2, 0.25) is 0 Å². The first-order valence-electron chi connectivity index (χ1n) is 6.86. The molecule has 0 spiro atoms. The van der Waals surface area contributed by atoms with Gasteiger partial charge < -0.3 is 9.72 Å². The molecule has 0 fully saturated rings. The van der Waals surface area contributed by atoms with E-state index in [1.54, 1.807) is 51.2 Å². The molecule has 0 radical (unpaired) electrons. The highest BCUT2D eigenvalue weighted by Crippen LogP contribution is 2.32. The Balaban J connectivity index is 2.51. The zero-order chi connectivity index (χ0) is 16.5. The zero-order valence-electron chi connectivity index (χ0n) is 13.0. The van der Waals surface area contributed by atoms with E-state index in [1.807, 2.05) is 0 Å². The molecule has 0 aromatic carbocycles. The van der Waals surface area contributed by atoms with Gasteiger partial charge in [-0.05, 0) is 45.0 Å². The number of H-pyrrole nitrogens is 1. The molecule has 2 rings (SSSR count). The third kappa shape index (κ3) is 2.74. The van der Waals surface area contributed by atoms with Crippen molar-refractivity contribution >= 4 is 6.09 Å². The summed E-state index contributed by atoms with van der Waals surface area (Å²) >= 11 is 0. The fourth-order valence-electron chi connectivity index (χ4n) is 2.21. The number of nitro groups is 1. The van der Waals surface area contributed by atoms with E-state index in [0.29, 0.717) is 5.69 Å². The smallest absolute Gasteiger partial charge is 0.418 e. The quantitative estimate of drug-likeness (QED) is 0.696. The standard InChI is InChI=1S/C15H19N3O4/c1-14(2,3)22-13(19)17-10-6-8-12(17)15(4,18(20)21)11-7-5-9-16-11/h5-10,16H,1-4H3. The SMILES string of the molecule is CC(C)(C)OC(=O)n1cccc1C(C)(c1ccc[nH]1)[N+](=O)[O-]. The normalized spacial score (nSPS) is 14.4. The summed E-state index contributed by atoms with van der Waals surface area (Å²) in [5.41, 5.74) is -1.64. The van der Waals surface area contributed by atoms with Crippen molar-refractivity contribution in [3.8, 4) is 0 Å². The summed E-state index contributed by atoms with van der Waals surface area (Å²) in [5, 5.41) is 11.7. The Bertz CT molecular complexity index is 682. The first-order chi connectivity index (χ1) is 10.2. The topological polar surface area (TPSA) is 90.2 Å². The van der Waals surface area contributed by atoms with Crippen LogP contribution in [0.5, 0.6) is 0 Å². The van der Waals surface area contributed by atoms with Crippen LogP contribution in [0.2, 0.25) is 0 Å². The number of ether oxygens (including phenoxy) is 1. The number of nitrogens with one attached hydrogen (secondary N) is 1. The van der Waals surface area contributed by atoms with Gasteiger partial charge in [-0.15, -0.1) is 0 Å². The van der Waals surface area contributed by atoms with Crippen molar-refractivity contribution < 1.29 is 14.5 Å². The zero-order valence-corrected chi connectivity index (χ0v) is 13.0. The molecule has 0 bridgehead atoms. The molecule has 0 aliphatic carbocycles. The largest absolute Gasteiger partial charge is 0.443 e. The van der Waals surface area contributed by atoms with Crippen LogP contribution in [0.15, 0.2) is 36.7 Å². The molecule has 1 N–H and O–H groups in total. The summed E-state index contributed by atoms with van der Waals surface area (Å²) in [6, 6.07) is 6.44. The van der Waals surface area contributed by atoms with Crippen LogP contribution in [0.4, 0.5) is 4.79 Å². The number of hydrogen-bond acceptors (Lipinski definition) is 4. The van der Waals surface area contributed by atoms with Crippen molar-refractivity contribution in [3.63, 3.8) is 0 Å². The van der Waals surface area contributed by atoms with Crippen LogP contribution in [-0.4, -0.2) is 26.2 Å². The van der Waals surface area contributed by atoms with E-state index in [0.717, 1.165) is 0 Å². The van der Waals surface area contributed by atoms with Crippen LogP contribution in [-0.2, 0) is 10.3 Å². The molecule has 2 aromatic rings. The van der Waals surface area contributed by atoms with Crippen molar-refractivity contribution in [3.05, 3.63) is 58.2 Å². The Kier molecular flexibility index (Phi) is 3.83. The molecule has 2 aromatic heterocycles. The van der Waals surface area contributed by atoms with Gasteiger partial charge in [-0.1, -0.05) is 0 Å². The minimum absolute atomic E-state index is 0.231. The molecular formula is C15H19N3O4. The molecule has 1 unspecified atom stereocenters. The highest BCUT2D eigenvalue weighted by Gasteiger charge is 2.46. The van der Waals surface area contributed by atoms with Gasteiger partial charge >= 0.3 is 6.09 Å². The fourth-order valence-corrected chi connectivity index (χ4v) is 2.21. The van der Waals surface area contributed by atoms with Crippen LogP contribution in [0.1, 0.15) is 39.1 Å². The highest BCUT2D eigenvalue weighted by molar-refractivity contribution is 5.72. The first kappa shape index (κ1) is 15.8. The Labute approximate surface area is 128 Å². The molecule has 0 saturated carbocycles. The molecule has 22 heavy (non-hydrogen) atoms. The van der Waals surface area contributed by atoms with Crippen LogP contribution in [0.3, 0.4) is 0 Å². The van der Waals surface area contributed by atoms with Crippen molar-refractivity contribution in [1.29, 1.82) is 0 Å². The lowest BCUT2D eigenvalue weighted by atomic mass is 9.94. The van der Waals surface area contributed by atoms with Crippen LogP contribution in [0.25, 0.3) is 0 Å². The number of carbonyl (C=O) groups is 1. The van der Waals surface area contributed by atoms with Crippen molar-refractivity contribution in [2.75, 3.05) is 0 Å². The lowest BCUT2D eigenvalue weighted by Gasteiger charge is -2.24. The minimum atomic E-state index is -1.58. The van der Waals surface area contributed by atoms with Gasteiger partial charge in [0.25, 0.3) is 5.54 Å². The lowest BCUT2D eigenvalue weighted by Crippen LogP contribution is -2.38. The number of nitrogens with zero attached hydrogens (tertiary/aromatic N) is 2. The summed E-state index contributed by atoms with van der Waals surface area (Å²) in [5.74, 6) is 0. The third-order valence-electron chi connectivity index (χ3n) is 3.33. The molecule has 0 aliphatic heterocycles. The van der Waals surface area contributed by atoms with E-state index in [1.165, 1.54) is 17.7 Å². The average Bonchev–Trinajstić information content (AvgIpc) is 3.07. The maximum Gasteiger partial charge on any atom is 0.418 e. The maximum atomic E-state index is 12.3. The summed E-state index contributed by atoms with van der Waals surface area (Å²) in [6.07, 6.45) is 2.43. The minimum Gasteiger partial charge on any atom is -0.443 e. The molecular weight excluding hydrogens is 286 g/mol. The number of aromatic nitrogens is 2. The van der Waals surface area contributed by atoms with Crippen LogP contribution in [0, 0.1) is 10.1 Å².